The average Bonchev–Trinajstić information content (AvgIpc) is 3.11. The van der Waals surface area contributed by atoms with E-state index in [9.17, 15) is 0 Å². The summed E-state index contributed by atoms with van der Waals surface area (Å²) in [6.45, 7) is 11.2. The normalized spacial score (nSPS) is 20.6. The van der Waals surface area contributed by atoms with Crippen LogP contribution in [0.3, 0.4) is 0 Å². The summed E-state index contributed by atoms with van der Waals surface area (Å²) in [6, 6.07) is 21.3. The summed E-state index contributed by atoms with van der Waals surface area (Å²) in [7, 11) is -2.51. The van der Waals surface area contributed by atoms with Gasteiger partial charge in [0.25, 0.3) is 8.32 Å². The van der Waals surface area contributed by atoms with E-state index in [0.29, 0.717) is 6.61 Å². The van der Waals surface area contributed by atoms with E-state index in [1.54, 1.807) is 0 Å². The molecular weight excluding hydrogens is 352 g/mol. The molecule has 0 bridgehead atoms. The van der Waals surface area contributed by atoms with Gasteiger partial charge in [-0.15, -0.1) is 6.58 Å². The Hall–Kier alpha value is -1.72. The first-order chi connectivity index (χ1) is 13.0. The summed E-state index contributed by atoms with van der Waals surface area (Å²) in [5.74, 6) is 0. The molecular formula is C23H30O3Si. The highest BCUT2D eigenvalue weighted by Crippen LogP contribution is 2.37. The zero-order chi connectivity index (χ0) is 19.3. The maximum atomic E-state index is 6.88. The van der Waals surface area contributed by atoms with Gasteiger partial charge in [-0.2, -0.15) is 0 Å². The monoisotopic (exact) mass is 382 g/mol. The van der Waals surface area contributed by atoms with Crippen LogP contribution in [0.15, 0.2) is 73.3 Å². The highest BCUT2D eigenvalue weighted by atomic mass is 28.4. The van der Waals surface area contributed by atoms with Crippen LogP contribution in [0.5, 0.6) is 0 Å². The van der Waals surface area contributed by atoms with Gasteiger partial charge in [0.05, 0.1) is 12.7 Å². The Kier molecular flexibility index (Phi) is 6.32. The van der Waals surface area contributed by atoms with Gasteiger partial charge in [0.2, 0.25) is 0 Å². The first kappa shape index (κ1) is 20.0. The highest BCUT2D eigenvalue weighted by Gasteiger charge is 2.50. The van der Waals surface area contributed by atoms with Gasteiger partial charge in [-0.05, 0) is 21.8 Å². The lowest BCUT2D eigenvalue weighted by Gasteiger charge is -2.43. The van der Waals surface area contributed by atoms with Crippen molar-refractivity contribution in [2.24, 2.45) is 0 Å². The molecule has 3 nitrogen and oxygen atoms in total. The van der Waals surface area contributed by atoms with E-state index in [4.69, 9.17) is 14.2 Å². The molecule has 1 aliphatic heterocycles. The summed E-state index contributed by atoms with van der Waals surface area (Å²) in [5.41, 5.74) is 0. The molecule has 1 aliphatic rings. The topological polar surface area (TPSA) is 27.7 Å². The van der Waals surface area contributed by atoms with Crippen molar-refractivity contribution in [3.63, 3.8) is 0 Å². The van der Waals surface area contributed by atoms with Gasteiger partial charge in [0, 0.05) is 6.42 Å². The van der Waals surface area contributed by atoms with Gasteiger partial charge in [-0.3, -0.25) is 0 Å². The minimum Gasteiger partial charge on any atom is -0.405 e. The smallest absolute Gasteiger partial charge is 0.261 e. The molecule has 0 spiro atoms. The van der Waals surface area contributed by atoms with Crippen LogP contribution < -0.4 is 10.4 Å². The molecule has 3 rings (SSSR count). The van der Waals surface area contributed by atoms with Crippen molar-refractivity contribution in [3.8, 4) is 0 Å². The van der Waals surface area contributed by atoms with E-state index < -0.39 is 8.32 Å². The maximum absolute atomic E-state index is 6.88. The second kappa shape index (κ2) is 8.53. The zero-order valence-corrected chi connectivity index (χ0v) is 17.6. The molecule has 27 heavy (non-hydrogen) atoms. The van der Waals surface area contributed by atoms with Gasteiger partial charge in [0.1, 0.15) is 6.10 Å². The van der Waals surface area contributed by atoms with Crippen LogP contribution in [0.2, 0.25) is 5.04 Å². The predicted octanol–water partition coefficient (Wildman–Crippen LogP) is 4.23. The zero-order valence-electron chi connectivity index (χ0n) is 16.6. The number of hydrogen-bond donors (Lipinski definition) is 0. The van der Waals surface area contributed by atoms with Crippen molar-refractivity contribution in [1.82, 2.24) is 0 Å². The Labute approximate surface area is 164 Å². The predicted molar refractivity (Wildman–Crippen MR) is 113 cm³/mol. The first-order valence-corrected chi connectivity index (χ1v) is 11.6. The summed E-state index contributed by atoms with van der Waals surface area (Å²) in [5, 5.41) is 2.53. The molecule has 0 aromatic heterocycles. The van der Waals surface area contributed by atoms with E-state index in [1.165, 1.54) is 10.4 Å². The lowest BCUT2D eigenvalue weighted by molar-refractivity contribution is -0.298. The molecule has 1 fully saturated rings. The fourth-order valence-corrected chi connectivity index (χ4v) is 8.52. The molecule has 0 amide bonds. The molecule has 1 heterocycles. The third-order valence-corrected chi connectivity index (χ3v) is 10.2. The Morgan fingerprint density at radius 3 is 1.96 bits per heavy atom. The molecule has 0 saturated carbocycles. The van der Waals surface area contributed by atoms with Crippen molar-refractivity contribution in [3.05, 3.63) is 73.3 Å². The van der Waals surface area contributed by atoms with E-state index in [0.717, 1.165) is 12.8 Å². The molecule has 144 valence electrons. The third kappa shape index (κ3) is 4.24. The first-order valence-electron chi connectivity index (χ1n) is 9.65. The highest BCUT2D eigenvalue weighted by molar-refractivity contribution is 6.99. The van der Waals surface area contributed by atoms with Gasteiger partial charge in [-0.25, -0.2) is 9.78 Å². The van der Waals surface area contributed by atoms with Crippen molar-refractivity contribution in [1.29, 1.82) is 0 Å². The van der Waals surface area contributed by atoms with Gasteiger partial charge < -0.3 is 4.43 Å². The minimum absolute atomic E-state index is 0.0321. The average molecular weight is 383 g/mol. The van der Waals surface area contributed by atoms with Crippen molar-refractivity contribution < 1.29 is 14.2 Å². The Bertz CT molecular complexity index is 685. The second-order valence-electron chi connectivity index (χ2n) is 8.17. The third-order valence-electron chi connectivity index (χ3n) is 5.19. The summed E-state index contributed by atoms with van der Waals surface area (Å²) in [4.78, 5) is 11.0. The Morgan fingerprint density at radius 2 is 1.48 bits per heavy atom. The summed E-state index contributed by atoms with van der Waals surface area (Å²) >= 11 is 0. The number of hydrogen-bond acceptors (Lipinski definition) is 3. The number of rotatable bonds is 7. The molecule has 4 heteroatoms. The molecule has 2 atom stereocenters. The molecule has 2 aromatic rings. The fourth-order valence-electron chi connectivity index (χ4n) is 3.93. The summed E-state index contributed by atoms with van der Waals surface area (Å²) < 4.78 is 6.88. The van der Waals surface area contributed by atoms with Crippen LogP contribution in [0.1, 0.15) is 33.6 Å². The molecule has 2 aromatic carbocycles. The number of benzene rings is 2. The van der Waals surface area contributed by atoms with Gasteiger partial charge in [0.15, 0.2) is 0 Å². The SMILES string of the molecule is C=CCC1CC(CO[Si](c2ccccc2)(c2ccccc2)C(C)(C)C)OO1. The van der Waals surface area contributed by atoms with Crippen LogP contribution in [0, 0.1) is 0 Å². The van der Waals surface area contributed by atoms with Crippen LogP contribution in [0.25, 0.3) is 0 Å². The molecule has 0 aliphatic carbocycles. The van der Waals surface area contributed by atoms with Crippen LogP contribution >= 0.6 is 0 Å². The maximum Gasteiger partial charge on any atom is 0.261 e. The van der Waals surface area contributed by atoms with Crippen molar-refractivity contribution in [2.75, 3.05) is 6.61 Å². The largest absolute Gasteiger partial charge is 0.405 e. The van der Waals surface area contributed by atoms with Crippen LogP contribution in [-0.4, -0.2) is 27.1 Å². The quantitative estimate of drug-likeness (QED) is 0.407. The molecule has 2 unspecified atom stereocenters. The summed E-state index contributed by atoms with van der Waals surface area (Å²) in [6.07, 6.45) is 3.55. The van der Waals surface area contributed by atoms with Gasteiger partial charge in [-0.1, -0.05) is 87.5 Å². The van der Waals surface area contributed by atoms with E-state index in [1.807, 2.05) is 6.08 Å². The molecule has 0 N–H and O–H groups in total. The van der Waals surface area contributed by atoms with E-state index >= 15 is 0 Å². The van der Waals surface area contributed by atoms with Crippen molar-refractivity contribution >= 4 is 18.7 Å². The van der Waals surface area contributed by atoms with E-state index in [2.05, 4.69) is 88.0 Å². The fraction of sp³-hybridized carbons (Fsp3) is 0.391. The van der Waals surface area contributed by atoms with E-state index in [-0.39, 0.29) is 17.2 Å². The minimum atomic E-state index is -2.51. The van der Waals surface area contributed by atoms with Gasteiger partial charge >= 0.3 is 0 Å². The molecule has 1 saturated heterocycles. The lowest BCUT2D eigenvalue weighted by Crippen LogP contribution is -2.67. The second-order valence-corrected chi connectivity index (χ2v) is 12.5. The van der Waals surface area contributed by atoms with Crippen LogP contribution in [0.4, 0.5) is 0 Å². The lowest BCUT2D eigenvalue weighted by atomic mass is 10.1. The molecule has 0 radical (unpaired) electrons. The standard InChI is InChI=1S/C23H30O3Si/c1-5-12-19-17-20(26-25-19)18-24-27(23(2,3)4,21-13-8-6-9-14-21)22-15-10-7-11-16-22/h5-11,13-16,19-20H,1,12,17-18H2,2-4H3. The Morgan fingerprint density at radius 1 is 0.963 bits per heavy atom. The van der Waals surface area contributed by atoms with Crippen LogP contribution in [-0.2, 0) is 14.2 Å². The Balaban J connectivity index is 1.94. The van der Waals surface area contributed by atoms with Crippen molar-refractivity contribution in [2.45, 2.75) is 50.9 Å².